The third-order valence-electron chi connectivity index (χ3n) is 2.20. The summed E-state index contributed by atoms with van der Waals surface area (Å²) in [6.07, 6.45) is 1.78. The minimum Gasteiger partial charge on any atom is -0.404 e. The summed E-state index contributed by atoms with van der Waals surface area (Å²) in [5.41, 5.74) is 1.85. The zero-order valence-electron chi connectivity index (χ0n) is 8.78. The Balaban J connectivity index is 2.17. The van der Waals surface area contributed by atoms with E-state index in [1.165, 1.54) is 0 Å². The fourth-order valence-corrected chi connectivity index (χ4v) is 1.51. The van der Waals surface area contributed by atoms with E-state index >= 15 is 0 Å². The lowest BCUT2D eigenvalue weighted by molar-refractivity contribution is 0.137. The second-order valence-corrected chi connectivity index (χ2v) is 4.25. The van der Waals surface area contributed by atoms with Gasteiger partial charge >= 0.3 is 7.12 Å². The number of hydrogen-bond donors (Lipinski definition) is 0. The fraction of sp³-hybridized carbons (Fsp3) is 0.500. The van der Waals surface area contributed by atoms with Crippen LogP contribution in [0, 0.1) is 6.92 Å². The normalized spacial score (nSPS) is 20.1. The molecule has 1 fully saturated rings. The maximum Gasteiger partial charge on any atom is 0.494 e. The molecule has 0 amide bonds. The van der Waals surface area contributed by atoms with Crippen LogP contribution in [-0.2, 0) is 9.31 Å². The van der Waals surface area contributed by atoms with Crippen LogP contribution in [0.1, 0.15) is 19.5 Å². The molecule has 74 valence electrons. The minimum atomic E-state index is -0.230. The molecule has 0 aliphatic carbocycles. The van der Waals surface area contributed by atoms with Gasteiger partial charge in [-0.1, -0.05) is 0 Å². The maximum atomic E-state index is 5.74. The Labute approximate surface area is 84.6 Å². The van der Waals surface area contributed by atoms with E-state index in [0.717, 1.165) is 11.2 Å². The van der Waals surface area contributed by atoms with Crippen LogP contribution in [0.5, 0.6) is 0 Å². The van der Waals surface area contributed by atoms with Gasteiger partial charge in [-0.15, -0.1) is 0 Å². The molecule has 0 aromatic carbocycles. The smallest absolute Gasteiger partial charge is 0.404 e. The van der Waals surface area contributed by atoms with Crippen molar-refractivity contribution < 1.29 is 9.31 Å². The Hall–Kier alpha value is -0.865. The molecule has 0 radical (unpaired) electrons. The van der Waals surface area contributed by atoms with Crippen LogP contribution in [0.25, 0.3) is 0 Å². The fourth-order valence-electron chi connectivity index (χ4n) is 1.51. The first-order chi connectivity index (χ1) is 6.57. The van der Waals surface area contributed by atoms with Gasteiger partial charge in [0.15, 0.2) is 0 Å². The molecule has 1 aliphatic heterocycles. The third kappa shape index (κ3) is 1.96. The number of hydrogen-bond acceptors (Lipinski definition) is 3. The molecule has 1 aromatic rings. The Morgan fingerprint density at radius 2 is 2.29 bits per heavy atom. The Kier molecular flexibility index (Phi) is 2.33. The highest BCUT2D eigenvalue weighted by Crippen LogP contribution is 2.19. The van der Waals surface area contributed by atoms with E-state index in [2.05, 4.69) is 4.98 Å². The Morgan fingerprint density at radius 1 is 1.50 bits per heavy atom. The van der Waals surface area contributed by atoms with Gasteiger partial charge in [-0.05, 0) is 38.4 Å². The van der Waals surface area contributed by atoms with Crippen molar-refractivity contribution in [2.45, 2.75) is 26.4 Å². The second-order valence-electron chi connectivity index (χ2n) is 4.25. The second kappa shape index (κ2) is 3.37. The van der Waals surface area contributed by atoms with Crippen molar-refractivity contribution in [3.8, 4) is 0 Å². The maximum absolute atomic E-state index is 5.74. The molecule has 0 bridgehead atoms. The third-order valence-corrected chi connectivity index (χ3v) is 2.20. The zero-order valence-corrected chi connectivity index (χ0v) is 8.78. The lowest BCUT2D eigenvalue weighted by atomic mass is 9.79. The predicted molar refractivity (Wildman–Crippen MR) is 55.5 cm³/mol. The Bertz CT molecular complexity index is 341. The standard InChI is InChI=1S/C10H14BNO2/c1-8-6-9(4-5-12-8)11-13-7-10(2,3)14-11/h4-6H,7H2,1-3H3. The van der Waals surface area contributed by atoms with E-state index in [1.807, 2.05) is 32.9 Å². The number of nitrogens with zero attached hydrogens (tertiary/aromatic N) is 1. The molecule has 0 N–H and O–H groups in total. The molecule has 0 unspecified atom stereocenters. The Morgan fingerprint density at radius 3 is 2.86 bits per heavy atom. The summed E-state index contributed by atoms with van der Waals surface area (Å²) < 4.78 is 11.3. The molecule has 2 rings (SSSR count). The van der Waals surface area contributed by atoms with Crippen molar-refractivity contribution in [3.63, 3.8) is 0 Å². The first-order valence-corrected chi connectivity index (χ1v) is 4.79. The van der Waals surface area contributed by atoms with Gasteiger partial charge in [0.05, 0.1) is 12.2 Å². The van der Waals surface area contributed by atoms with Gasteiger partial charge in [0.2, 0.25) is 0 Å². The molecule has 1 aromatic heterocycles. The lowest BCUT2D eigenvalue weighted by Gasteiger charge is -2.15. The zero-order chi connectivity index (χ0) is 10.2. The van der Waals surface area contributed by atoms with Crippen LogP contribution >= 0.6 is 0 Å². The largest absolute Gasteiger partial charge is 0.494 e. The van der Waals surface area contributed by atoms with Gasteiger partial charge in [-0.2, -0.15) is 0 Å². The number of pyridine rings is 1. The van der Waals surface area contributed by atoms with Crippen molar-refractivity contribution in [1.29, 1.82) is 0 Å². The van der Waals surface area contributed by atoms with E-state index in [1.54, 1.807) is 6.20 Å². The molecule has 2 heterocycles. The highest BCUT2D eigenvalue weighted by molar-refractivity contribution is 6.61. The summed E-state index contributed by atoms with van der Waals surface area (Å²) in [5, 5.41) is 0. The molecule has 1 aliphatic rings. The average molecular weight is 191 g/mol. The monoisotopic (exact) mass is 191 g/mol. The molecular formula is C10H14BNO2. The number of aromatic nitrogens is 1. The average Bonchev–Trinajstić information content (AvgIpc) is 2.46. The molecule has 14 heavy (non-hydrogen) atoms. The highest BCUT2D eigenvalue weighted by Gasteiger charge is 2.38. The van der Waals surface area contributed by atoms with Crippen LogP contribution in [0.15, 0.2) is 18.3 Å². The lowest BCUT2D eigenvalue weighted by Crippen LogP contribution is -2.34. The van der Waals surface area contributed by atoms with Crippen LogP contribution in [-0.4, -0.2) is 24.3 Å². The summed E-state index contributed by atoms with van der Waals surface area (Å²) in [6, 6.07) is 3.92. The van der Waals surface area contributed by atoms with Gasteiger partial charge in [-0.3, -0.25) is 4.98 Å². The van der Waals surface area contributed by atoms with Crippen molar-refractivity contribution in [2.24, 2.45) is 0 Å². The van der Waals surface area contributed by atoms with Crippen LogP contribution < -0.4 is 5.46 Å². The molecule has 0 saturated carbocycles. The van der Waals surface area contributed by atoms with Crippen LogP contribution in [0.2, 0.25) is 0 Å². The van der Waals surface area contributed by atoms with Crippen LogP contribution in [0.3, 0.4) is 0 Å². The minimum absolute atomic E-state index is 0.179. The van der Waals surface area contributed by atoms with Gasteiger partial charge in [0, 0.05) is 11.9 Å². The summed E-state index contributed by atoms with van der Waals surface area (Å²) in [7, 11) is -0.230. The first-order valence-electron chi connectivity index (χ1n) is 4.79. The van der Waals surface area contributed by atoms with E-state index in [4.69, 9.17) is 9.31 Å². The van der Waals surface area contributed by atoms with Crippen molar-refractivity contribution >= 4 is 12.6 Å². The van der Waals surface area contributed by atoms with Crippen molar-refractivity contribution in [3.05, 3.63) is 24.0 Å². The SMILES string of the molecule is Cc1cc(B2OCC(C)(C)O2)ccn1. The molecule has 4 heteroatoms. The summed E-state index contributed by atoms with van der Waals surface area (Å²) in [4.78, 5) is 4.14. The van der Waals surface area contributed by atoms with Gasteiger partial charge in [-0.25, -0.2) is 0 Å². The van der Waals surface area contributed by atoms with E-state index in [9.17, 15) is 0 Å². The van der Waals surface area contributed by atoms with E-state index < -0.39 is 0 Å². The summed E-state index contributed by atoms with van der Waals surface area (Å²) in [5.74, 6) is 0. The quantitative estimate of drug-likeness (QED) is 0.618. The molecule has 0 spiro atoms. The van der Waals surface area contributed by atoms with E-state index in [-0.39, 0.29) is 12.7 Å². The van der Waals surface area contributed by atoms with Crippen LogP contribution in [0.4, 0.5) is 0 Å². The number of rotatable bonds is 1. The van der Waals surface area contributed by atoms with Gasteiger partial charge in [0.25, 0.3) is 0 Å². The highest BCUT2D eigenvalue weighted by atomic mass is 16.7. The van der Waals surface area contributed by atoms with Gasteiger partial charge in [0.1, 0.15) is 0 Å². The molecule has 3 nitrogen and oxygen atoms in total. The first kappa shape index (κ1) is 9.68. The molecule has 1 saturated heterocycles. The van der Waals surface area contributed by atoms with Crippen molar-refractivity contribution in [2.75, 3.05) is 6.61 Å². The predicted octanol–water partition coefficient (Wildman–Crippen LogP) is 0.911. The summed E-state index contributed by atoms with van der Waals surface area (Å²) >= 11 is 0. The van der Waals surface area contributed by atoms with E-state index in [0.29, 0.717) is 6.61 Å². The van der Waals surface area contributed by atoms with Gasteiger partial charge < -0.3 is 9.31 Å². The topological polar surface area (TPSA) is 31.4 Å². The summed E-state index contributed by atoms with van der Waals surface area (Å²) in [6.45, 7) is 6.66. The number of aryl methyl sites for hydroxylation is 1. The molecule has 0 atom stereocenters. The molecular weight excluding hydrogens is 177 g/mol. The van der Waals surface area contributed by atoms with Crippen molar-refractivity contribution in [1.82, 2.24) is 4.98 Å².